The van der Waals surface area contributed by atoms with Gasteiger partial charge in [-0.25, -0.2) is 4.98 Å². The molecule has 10 heteroatoms. The third-order valence-electron chi connectivity index (χ3n) is 5.41. The van der Waals surface area contributed by atoms with Gasteiger partial charge in [0.25, 0.3) is 11.8 Å². The Bertz CT molecular complexity index is 1210. The predicted octanol–water partition coefficient (Wildman–Crippen LogP) is 4.57. The van der Waals surface area contributed by atoms with Crippen LogP contribution in [0.3, 0.4) is 0 Å². The summed E-state index contributed by atoms with van der Waals surface area (Å²) in [5, 5.41) is 0.669. The molecule has 0 spiro atoms. The zero-order chi connectivity index (χ0) is 24.2. The van der Waals surface area contributed by atoms with Crippen LogP contribution in [0.1, 0.15) is 25.7 Å². The summed E-state index contributed by atoms with van der Waals surface area (Å²) < 4.78 is 16.1. The van der Waals surface area contributed by atoms with Gasteiger partial charge in [0.05, 0.1) is 43.7 Å². The van der Waals surface area contributed by atoms with Crippen molar-refractivity contribution in [3.05, 3.63) is 63.6 Å². The molecule has 2 heterocycles. The van der Waals surface area contributed by atoms with Gasteiger partial charge in [-0.1, -0.05) is 23.7 Å². The van der Waals surface area contributed by atoms with E-state index in [1.54, 1.807) is 47.4 Å². The minimum absolute atomic E-state index is 0.180. The van der Waals surface area contributed by atoms with Crippen LogP contribution in [0, 0.1) is 6.92 Å². The number of anilines is 2. The van der Waals surface area contributed by atoms with Gasteiger partial charge in [-0.2, -0.15) is 0 Å². The van der Waals surface area contributed by atoms with Crippen molar-refractivity contribution in [2.24, 2.45) is 0 Å². The van der Waals surface area contributed by atoms with E-state index in [1.807, 2.05) is 6.92 Å². The molecule has 34 heavy (non-hydrogen) atoms. The van der Waals surface area contributed by atoms with Crippen LogP contribution in [-0.2, 0) is 4.74 Å². The SMILES string of the molecule is COc1ccc(N(C(=O)c2ccccc2Cl)c2nc(C(=O)N3CCOCC3)c(C)s2)cc1OC. The number of benzene rings is 2. The van der Waals surface area contributed by atoms with E-state index < -0.39 is 0 Å². The molecular weight excluding hydrogens is 478 g/mol. The highest BCUT2D eigenvalue weighted by atomic mass is 35.5. The van der Waals surface area contributed by atoms with Crippen molar-refractivity contribution in [3.63, 3.8) is 0 Å². The number of aryl methyl sites for hydroxylation is 1. The lowest BCUT2D eigenvalue weighted by molar-refractivity contribution is 0.0299. The smallest absolute Gasteiger partial charge is 0.273 e. The molecule has 1 aliphatic heterocycles. The minimum Gasteiger partial charge on any atom is -0.493 e. The van der Waals surface area contributed by atoms with E-state index in [1.165, 1.54) is 30.5 Å². The number of ether oxygens (including phenoxy) is 3. The summed E-state index contributed by atoms with van der Waals surface area (Å²) in [4.78, 5) is 35.3. The van der Waals surface area contributed by atoms with Crippen LogP contribution < -0.4 is 14.4 Å². The number of aromatic nitrogens is 1. The molecule has 0 atom stereocenters. The topological polar surface area (TPSA) is 81.2 Å². The van der Waals surface area contributed by atoms with Crippen molar-refractivity contribution in [2.45, 2.75) is 6.92 Å². The number of carbonyl (C=O) groups excluding carboxylic acids is 2. The Morgan fingerprint density at radius 2 is 1.79 bits per heavy atom. The van der Waals surface area contributed by atoms with Crippen LogP contribution in [0.2, 0.25) is 5.02 Å². The Labute approximate surface area is 206 Å². The van der Waals surface area contributed by atoms with Crippen LogP contribution in [0.4, 0.5) is 10.8 Å². The Morgan fingerprint density at radius 1 is 1.09 bits per heavy atom. The molecule has 2 amide bonds. The van der Waals surface area contributed by atoms with Crippen molar-refractivity contribution < 1.29 is 23.8 Å². The molecule has 4 rings (SSSR count). The first-order valence-corrected chi connectivity index (χ1v) is 11.8. The van der Waals surface area contributed by atoms with E-state index in [4.69, 9.17) is 25.8 Å². The van der Waals surface area contributed by atoms with Crippen LogP contribution in [0.5, 0.6) is 11.5 Å². The number of carbonyl (C=O) groups is 2. The summed E-state index contributed by atoms with van der Waals surface area (Å²) >= 11 is 7.61. The molecule has 0 unspecified atom stereocenters. The normalized spacial score (nSPS) is 13.5. The fourth-order valence-corrected chi connectivity index (χ4v) is 4.76. The summed E-state index contributed by atoms with van der Waals surface area (Å²) in [7, 11) is 3.06. The third-order valence-corrected chi connectivity index (χ3v) is 6.70. The fourth-order valence-electron chi connectivity index (χ4n) is 3.63. The number of nitrogens with zero attached hydrogens (tertiary/aromatic N) is 3. The minimum atomic E-state index is -0.378. The van der Waals surface area contributed by atoms with Gasteiger partial charge in [0, 0.05) is 24.0 Å². The molecule has 2 aromatic carbocycles. The lowest BCUT2D eigenvalue weighted by Crippen LogP contribution is -2.41. The molecule has 0 radical (unpaired) electrons. The van der Waals surface area contributed by atoms with E-state index in [0.29, 0.717) is 69.8 Å². The monoisotopic (exact) mass is 501 g/mol. The van der Waals surface area contributed by atoms with Crippen molar-refractivity contribution in [2.75, 3.05) is 45.4 Å². The number of methoxy groups -OCH3 is 2. The van der Waals surface area contributed by atoms with Crippen LogP contribution in [0.25, 0.3) is 0 Å². The number of hydrogen-bond acceptors (Lipinski definition) is 7. The first-order chi connectivity index (χ1) is 16.4. The van der Waals surface area contributed by atoms with Gasteiger partial charge in [0.2, 0.25) is 0 Å². The summed E-state index contributed by atoms with van der Waals surface area (Å²) in [6.07, 6.45) is 0. The fraction of sp³-hybridized carbons (Fsp3) is 0.292. The van der Waals surface area contributed by atoms with E-state index in [0.717, 1.165) is 0 Å². The molecule has 1 aliphatic rings. The zero-order valence-electron chi connectivity index (χ0n) is 19.0. The summed E-state index contributed by atoms with van der Waals surface area (Å²) in [5.41, 5.74) is 1.13. The lowest BCUT2D eigenvalue weighted by Gasteiger charge is -2.26. The van der Waals surface area contributed by atoms with E-state index in [2.05, 4.69) is 4.98 Å². The molecule has 178 valence electrons. The first-order valence-electron chi connectivity index (χ1n) is 10.6. The largest absolute Gasteiger partial charge is 0.493 e. The van der Waals surface area contributed by atoms with Gasteiger partial charge >= 0.3 is 0 Å². The molecule has 0 N–H and O–H groups in total. The Kier molecular flexibility index (Phi) is 7.35. The van der Waals surface area contributed by atoms with E-state index in [-0.39, 0.29) is 11.8 Å². The first kappa shape index (κ1) is 24.0. The van der Waals surface area contributed by atoms with E-state index >= 15 is 0 Å². The number of rotatable bonds is 6. The van der Waals surface area contributed by atoms with Gasteiger partial charge in [0.15, 0.2) is 16.6 Å². The third kappa shape index (κ3) is 4.72. The Hall–Kier alpha value is -3.14. The van der Waals surface area contributed by atoms with Crippen molar-refractivity contribution >= 4 is 45.6 Å². The Morgan fingerprint density at radius 3 is 2.47 bits per heavy atom. The molecule has 0 aliphatic carbocycles. The predicted molar refractivity (Wildman–Crippen MR) is 131 cm³/mol. The van der Waals surface area contributed by atoms with Crippen LogP contribution in [-0.4, -0.2) is 62.2 Å². The highest BCUT2D eigenvalue weighted by Crippen LogP contribution is 2.38. The molecule has 1 saturated heterocycles. The average Bonchev–Trinajstić information content (AvgIpc) is 3.25. The second-order valence-electron chi connectivity index (χ2n) is 7.47. The molecule has 0 saturated carbocycles. The van der Waals surface area contributed by atoms with Gasteiger partial charge in [0.1, 0.15) is 5.69 Å². The van der Waals surface area contributed by atoms with Gasteiger partial charge in [-0.05, 0) is 31.2 Å². The molecular formula is C24H24ClN3O5S. The number of amides is 2. The Balaban J connectivity index is 1.80. The maximum absolute atomic E-state index is 13.7. The lowest BCUT2D eigenvalue weighted by atomic mass is 10.1. The van der Waals surface area contributed by atoms with Crippen LogP contribution in [0.15, 0.2) is 42.5 Å². The average molecular weight is 502 g/mol. The van der Waals surface area contributed by atoms with Crippen molar-refractivity contribution in [1.29, 1.82) is 0 Å². The number of halogens is 1. The maximum Gasteiger partial charge on any atom is 0.273 e. The zero-order valence-corrected chi connectivity index (χ0v) is 20.6. The summed E-state index contributed by atoms with van der Waals surface area (Å²) in [6, 6.07) is 11.9. The maximum atomic E-state index is 13.7. The summed E-state index contributed by atoms with van der Waals surface area (Å²) in [6.45, 7) is 3.81. The van der Waals surface area contributed by atoms with Crippen LogP contribution >= 0.6 is 22.9 Å². The van der Waals surface area contributed by atoms with Crippen molar-refractivity contribution in [3.8, 4) is 11.5 Å². The molecule has 1 fully saturated rings. The number of hydrogen-bond donors (Lipinski definition) is 0. The molecule has 1 aromatic heterocycles. The second kappa shape index (κ2) is 10.4. The molecule has 0 bridgehead atoms. The number of morpholine rings is 1. The highest BCUT2D eigenvalue weighted by Gasteiger charge is 2.29. The molecule has 8 nitrogen and oxygen atoms in total. The number of thiazole rings is 1. The standard InChI is InChI=1S/C24H24ClN3O5S/c1-15-21(23(30)27-10-12-33-13-11-27)26-24(34-15)28(22(29)17-6-4-5-7-18(17)25)16-8-9-19(31-2)20(14-16)32-3/h4-9,14H,10-13H2,1-3H3. The van der Waals surface area contributed by atoms with Crippen molar-refractivity contribution in [1.82, 2.24) is 9.88 Å². The second-order valence-corrected chi connectivity index (χ2v) is 9.05. The molecule has 3 aromatic rings. The summed E-state index contributed by atoms with van der Waals surface area (Å²) in [5.74, 6) is 0.419. The van der Waals surface area contributed by atoms with Gasteiger partial charge < -0.3 is 19.1 Å². The highest BCUT2D eigenvalue weighted by molar-refractivity contribution is 7.16. The van der Waals surface area contributed by atoms with Gasteiger partial charge in [-0.15, -0.1) is 11.3 Å². The quantitative estimate of drug-likeness (QED) is 0.492. The van der Waals surface area contributed by atoms with E-state index in [9.17, 15) is 9.59 Å². The van der Waals surface area contributed by atoms with Gasteiger partial charge in [-0.3, -0.25) is 14.5 Å².